The molecule has 4 rings (SSSR count). The summed E-state index contributed by atoms with van der Waals surface area (Å²) >= 11 is 0. The molecule has 36 heavy (non-hydrogen) atoms. The van der Waals surface area contributed by atoms with Gasteiger partial charge in [0.2, 0.25) is 0 Å². The van der Waals surface area contributed by atoms with E-state index in [4.69, 9.17) is 9.47 Å². The zero-order valence-corrected chi connectivity index (χ0v) is 18.3. The molecule has 4 nitrogen and oxygen atoms in total. The predicted octanol–water partition coefficient (Wildman–Crippen LogP) is 8.80. The number of nitrogens with one attached hydrogen (secondary N) is 2. The maximum absolute atomic E-state index is 13.1. The van der Waals surface area contributed by atoms with Crippen molar-refractivity contribution < 1.29 is 35.8 Å². The Hall–Kier alpha value is -4.34. The van der Waals surface area contributed by atoms with Crippen LogP contribution in [0.1, 0.15) is 0 Å². The topological polar surface area (TPSA) is 42.5 Å². The van der Waals surface area contributed by atoms with Crippen molar-refractivity contribution >= 4 is 11.4 Å². The van der Waals surface area contributed by atoms with Crippen molar-refractivity contribution in [3.8, 4) is 34.1 Å². The zero-order valence-electron chi connectivity index (χ0n) is 18.3. The molecule has 0 saturated carbocycles. The van der Waals surface area contributed by atoms with Crippen LogP contribution in [0.2, 0.25) is 0 Å². The molecule has 0 bridgehead atoms. The Bertz CT molecular complexity index is 1320. The molecule has 0 aromatic heterocycles. The molecule has 2 N–H and O–H groups in total. The molecular weight excluding hydrogens is 486 g/mol. The van der Waals surface area contributed by atoms with Gasteiger partial charge in [0.25, 0.3) is 0 Å². The molecule has 0 spiro atoms. The summed E-state index contributed by atoms with van der Waals surface area (Å²) in [4.78, 5) is 0. The Morgan fingerprint density at radius 3 is 1.50 bits per heavy atom. The molecule has 0 radical (unpaired) electrons. The van der Waals surface area contributed by atoms with Crippen molar-refractivity contribution in [2.24, 2.45) is 0 Å². The van der Waals surface area contributed by atoms with Crippen LogP contribution in [0.4, 0.5) is 37.7 Å². The zero-order chi connectivity index (χ0) is 25.8. The summed E-state index contributed by atoms with van der Waals surface area (Å²) in [5, 5.41) is 2.85. The Balaban J connectivity index is 1.81. The monoisotopic (exact) mass is 504 g/mol. The summed E-state index contributed by atoms with van der Waals surface area (Å²) in [5.41, 5.74) is 0.412. The van der Waals surface area contributed by atoms with Crippen LogP contribution in [0.3, 0.4) is 0 Å². The van der Waals surface area contributed by atoms with E-state index in [2.05, 4.69) is 0 Å². The van der Waals surface area contributed by atoms with Gasteiger partial charge < -0.3 is 9.47 Å². The first kappa shape index (κ1) is 24.8. The SMILES string of the molecule is FC(F)(F)Nc1ccccc1Oc1cccc(-c2ccccc2)c1Oc1ccccc1NC(F)(F)F. The summed E-state index contributed by atoms with van der Waals surface area (Å²) in [5.74, 6) is -0.312. The molecule has 0 aliphatic heterocycles. The first-order chi connectivity index (χ1) is 17.1. The normalized spacial score (nSPS) is 11.6. The Morgan fingerprint density at radius 1 is 0.472 bits per heavy atom. The van der Waals surface area contributed by atoms with Crippen LogP contribution in [0.15, 0.2) is 97.1 Å². The first-order valence-corrected chi connectivity index (χ1v) is 10.5. The van der Waals surface area contributed by atoms with E-state index in [1.165, 1.54) is 65.2 Å². The van der Waals surface area contributed by atoms with Gasteiger partial charge in [-0.3, -0.25) is 10.6 Å². The lowest BCUT2D eigenvalue weighted by Crippen LogP contribution is -2.21. The minimum Gasteiger partial charge on any atom is -0.451 e. The largest absolute Gasteiger partial charge is 0.482 e. The first-order valence-electron chi connectivity index (χ1n) is 10.5. The van der Waals surface area contributed by atoms with Gasteiger partial charge in [-0.15, -0.1) is 0 Å². The third-order valence-electron chi connectivity index (χ3n) is 4.82. The van der Waals surface area contributed by atoms with E-state index in [9.17, 15) is 26.3 Å². The molecule has 0 amide bonds. The van der Waals surface area contributed by atoms with Crippen LogP contribution in [-0.4, -0.2) is 12.6 Å². The van der Waals surface area contributed by atoms with Crippen molar-refractivity contribution in [2.75, 3.05) is 10.6 Å². The molecular formula is C26H18F6N2O2. The molecule has 0 fully saturated rings. The average molecular weight is 504 g/mol. The van der Waals surface area contributed by atoms with Crippen LogP contribution in [-0.2, 0) is 0 Å². The Morgan fingerprint density at radius 2 is 0.944 bits per heavy atom. The van der Waals surface area contributed by atoms with Crippen LogP contribution < -0.4 is 20.1 Å². The number of benzene rings is 4. The van der Waals surface area contributed by atoms with Crippen LogP contribution in [0, 0.1) is 0 Å². The summed E-state index contributed by atoms with van der Waals surface area (Å²) in [6.45, 7) is 0. The van der Waals surface area contributed by atoms with Gasteiger partial charge in [-0.05, 0) is 35.9 Å². The lowest BCUT2D eigenvalue weighted by molar-refractivity contribution is -0.101. The molecule has 0 atom stereocenters. The van der Waals surface area contributed by atoms with Crippen LogP contribution >= 0.6 is 0 Å². The van der Waals surface area contributed by atoms with Crippen molar-refractivity contribution in [2.45, 2.75) is 12.6 Å². The fourth-order valence-electron chi connectivity index (χ4n) is 3.40. The average Bonchev–Trinajstić information content (AvgIpc) is 2.81. The number of rotatable bonds is 7. The highest BCUT2D eigenvalue weighted by molar-refractivity contribution is 5.76. The molecule has 0 heterocycles. The maximum atomic E-state index is 13.1. The number of halogens is 6. The highest BCUT2D eigenvalue weighted by Crippen LogP contribution is 2.45. The standard InChI is InChI=1S/C26H18F6N2O2/c27-25(28,29)33-19-12-4-6-14-21(19)35-23-16-8-11-18(17-9-2-1-3-10-17)24(23)36-22-15-7-5-13-20(22)34-26(30,31)32/h1-16,33-34H. The molecule has 0 saturated heterocycles. The molecule has 0 unspecified atom stereocenters. The fourth-order valence-corrected chi connectivity index (χ4v) is 3.40. The molecule has 10 heteroatoms. The summed E-state index contributed by atoms with van der Waals surface area (Å²) in [6.07, 6.45) is -9.44. The van der Waals surface area contributed by atoms with Crippen LogP contribution in [0.25, 0.3) is 11.1 Å². The van der Waals surface area contributed by atoms with Crippen molar-refractivity contribution in [3.63, 3.8) is 0 Å². The van der Waals surface area contributed by atoms with Gasteiger partial charge in [-0.2, -0.15) is 26.3 Å². The van der Waals surface area contributed by atoms with Gasteiger partial charge >= 0.3 is 12.6 Å². The Labute approximate surface area is 202 Å². The summed E-state index contributed by atoms with van der Waals surface area (Å²) in [7, 11) is 0. The fraction of sp³-hybridized carbons (Fsp3) is 0.0769. The van der Waals surface area contributed by atoms with Crippen molar-refractivity contribution in [1.82, 2.24) is 0 Å². The molecule has 4 aromatic carbocycles. The molecule has 186 valence electrons. The van der Waals surface area contributed by atoms with E-state index in [0.717, 1.165) is 0 Å². The maximum Gasteiger partial charge on any atom is 0.482 e. The lowest BCUT2D eigenvalue weighted by atomic mass is 10.0. The molecule has 0 aliphatic carbocycles. The quantitative estimate of drug-likeness (QED) is 0.195. The second-order valence-electron chi connectivity index (χ2n) is 7.44. The van der Waals surface area contributed by atoms with Crippen LogP contribution in [0.5, 0.6) is 23.0 Å². The van der Waals surface area contributed by atoms with Gasteiger partial charge in [0.05, 0.1) is 11.4 Å². The number of para-hydroxylation sites is 5. The third kappa shape index (κ3) is 6.41. The summed E-state index contributed by atoms with van der Waals surface area (Å²) < 4.78 is 90.0. The van der Waals surface area contributed by atoms with E-state index in [0.29, 0.717) is 11.1 Å². The summed E-state index contributed by atoms with van der Waals surface area (Å²) in [6, 6.07) is 24.3. The number of ether oxygens (including phenoxy) is 2. The predicted molar refractivity (Wildman–Crippen MR) is 124 cm³/mol. The number of hydrogen-bond acceptors (Lipinski definition) is 4. The third-order valence-corrected chi connectivity index (χ3v) is 4.82. The Kier molecular flexibility index (Phi) is 6.96. The number of hydrogen-bond donors (Lipinski definition) is 2. The van der Waals surface area contributed by atoms with Gasteiger partial charge in [0, 0.05) is 5.56 Å². The van der Waals surface area contributed by atoms with E-state index < -0.39 is 12.6 Å². The highest BCUT2D eigenvalue weighted by atomic mass is 19.4. The lowest BCUT2D eigenvalue weighted by Gasteiger charge is -2.20. The van der Waals surface area contributed by atoms with E-state index in [-0.39, 0.29) is 34.4 Å². The second-order valence-corrected chi connectivity index (χ2v) is 7.44. The van der Waals surface area contributed by atoms with E-state index >= 15 is 0 Å². The van der Waals surface area contributed by atoms with Gasteiger partial charge in [-0.25, -0.2) is 0 Å². The van der Waals surface area contributed by atoms with Crippen molar-refractivity contribution in [1.29, 1.82) is 0 Å². The highest BCUT2D eigenvalue weighted by Gasteiger charge is 2.30. The molecule has 4 aromatic rings. The molecule has 0 aliphatic rings. The van der Waals surface area contributed by atoms with E-state index in [1.807, 2.05) is 0 Å². The van der Waals surface area contributed by atoms with Gasteiger partial charge in [-0.1, -0.05) is 66.7 Å². The number of alkyl halides is 6. The minimum absolute atomic E-state index is 0.00501. The second kappa shape index (κ2) is 10.1. The van der Waals surface area contributed by atoms with E-state index in [1.54, 1.807) is 42.5 Å². The number of anilines is 2. The smallest absolute Gasteiger partial charge is 0.451 e. The van der Waals surface area contributed by atoms with Crippen molar-refractivity contribution in [3.05, 3.63) is 97.1 Å². The van der Waals surface area contributed by atoms with Gasteiger partial charge in [0.1, 0.15) is 0 Å². The van der Waals surface area contributed by atoms with Gasteiger partial charge in [0.15, 0.2) is 23.0 Å². The minimum atomic E-state index is -4.72.